The third-order valence-electron chi connectivity index (χ3n) is 4.87. The number of nitrogens with zero attached hydrogens (tertiary/aromatic N) is 2. The van der Waals surface area contributed by atoms with Crippen LogP contribution < -0.4 is 15.6 Å². The molecule has 0 aliphatic carbocycles. The summed E-state index contributed by atoms with van der Waals surface area (Å²) in [7, 11) is 3.88. The summed E-state index contributed by atoms with van der Waals surface area (Å²) in [5.74, 6) is -0.948. The second-order valence-electron chi connectivity index (χ2n) is 7.52. The zero-order chi connectivity index (χ0) is 23.8. The van der Waals surface area contributed by atoms with Gasteiger partial charge in [-0.05, 0) is 55.0 Å². The van der Waals surface area contributed by atoms with Crippen LogP contribution in [0, 0.1) is 0 Å². The largest absolute Gasteiger partial charge is 0.507 e. The molecule has 0 radical (unpaired) electrons. The van der Waals surface area contributed by atoms with Gasteiger partial charge in [0.2, 0.25) is 0 Å². The maximum atomic E-state index is 12.9. The fourth-order valence-corrected chi connectivity index (χ4v) is 3.01. The van der Waals surface area contributed by atoms with E-state index < -0.39 is 11.8 Å². The monoisotopic (exact) mass is 442 g/mol. The summed E-state index contributed by atoms with van der Waals surface area (Å²) in [6.45, 7) is 1.67. The molecule has 0 atom stereocenters. The highest BCUT2D eigenvalue weighted by molar-refractivity contribution is 6.06. The van der Waals surface area contributed by atoms with E-state index in [9.17, 15) is 14.7 Å². The number of phenols is 1. The zero-order valence-corrected chi connectivity index (χ0v) is 18.7. The van der Waals surface area contributed by atoms with Crippen LogP contribution in [-0.2, 0) is 4.79 Å². The molecule has 0 aliphatic heterocycles. The van der Waals surface area contributed by atoms with E-state index in [1.165, 1.54) is 0 Å². The number of aromatic hydroxyl groups is 1. The number of nitrogens with one attached hydrogen (secondary N) is 2. The van der Waals surface area contributed by atoms with E-state index in [1.807, 2.05) is 49.3 Å². The van der Waals surface area contributed by atoms with Crippen molar-refractivity contribution < 1.29 is 14.7 Å². The van der Waals surface area contributed by atoms with Gasteiger partial charge in [0.25, 0.3) is 11.8 Å². The molecule has 0 spiro atoms. The van der Waals surface area contributed by atoms with Crippen molar-refractivity contribution in [2.45, 2.75) is 6.92 Å². The molecule has 3 rings (SSSR count). The number of carbonyl (C=O) groups excluding carboxylic acids is 2. The molecule has 0 bridgehead atoms. The lowest BCUT2D eigenvalue weighted by Crippen LogP contribution is -2.33. The van der Waals surface area contributed by atoms with E-state index in [2.05, 4.69) is 15.8 Å². The lowest BCUT2D eigenvalue weighted by atomic mass is 10.1. The number of hydrazone groups is 1. The van der Waals surface area contributed by atoms with Crippen molar-refractivity contribution >= 4 is 29.3 Å². The Bertz CT molecular complexity index is 1180. The molecule has 2 amide bonds. The highest BCUT2D eigenvalue weighted by Crippen LogP contribution is 2.17. The van der Waals surface area contributed by atoms with Gasteiger partial charge in [0.15, 0.2) is 0 Å². The standard InChI is InChI=1S/C26H26N4O3/c1-18(22-11-7-8-12-24(22)31)28-29-26(33)23(27-25(32)20-9-5-4-6-10-20)17-19-13-15-21(16-14-19)30(2)3/h4-17,31H,1-3H3,(H,27,32)(H,29,33). The average Bonchev–Trinajstić information content (AvgIpc) is 2.83. The Balaban J connectivity index is 1.86. The maximum Gasteiger partial charge on any atom is 0.287 e. The van der Waals surface area contributed by atoms with Crippen LogP contribution in [0.4, 0.5) is 5.69 Å². The number of para-hydroxylation sites is 1. The quantitative estimate of drug-likeness (QED) is 0.295. The Hall–Kier alpha value is -4.39. The Morgan fingerprint density at radius 2 is 1.55 bits per heavy atom. The number of phenolic OH excluding ortho intramolecular Hbond substituents is 1. The molecular formula is C26H26N4O3. The first-order valence-electron chi connectivity index (χ1n) is 10.3. The number of hydrogen-bond acceptors (Lipinski definition) is 5. The summed E-state index contributed by atoms with van der Waals surface area (Å²) in [4.78, 5) is 27.6. The Labute approximate surface area is 193 Å². The van der Waals surface area contributed by atoms with Gasteiger partial charge in [-0.1, -0.05) is 42.5 Å². The lowest BCUT2D eigenvalue weighted by Gasteiger charge is -2.13. The second kappa shape index (κ2) is 10.8. The molecule has 7 nitrogen and oxygen atoms in total. The smallest absolute Gasteiger partial charge is 0.287 e. The normalized spacial score (nSPS) is 11.6. The molecule has 0 aliphatic rings. The highest BCUT2D eigenvalue weighted by atomic mass is 16.3. The summed E-state index contributed by atoms with van der Waals surface area (Å²) < 4.78 is 0. The molecule has 168 valence electrons. The number of rotatable bonds is 7. The Kier molecular flexibility index (Phi) is 7.60. The first kappa shape index (κ1) is 23.3. The van der Waals surface area contributed by atoms with Crippen LogP contribution >= 0.6 is 0 Å². The van der Waals surface area contributed by atoms with Gasteiger partial charge in [-0.15, -0.1) is 0 Å². The van der Waals surface area contributed by atoms with Gasteiger partial charge in [0.1, 0.15) is 11.4 Å². The number of hydrogen-bond donors (Lipinski definition) is 3. The van der Waals surface area contributed by atoms with Gasteiger partial charge in [-0.2, -0.15) is 5.10 Å². The summed E-state index contributed by atoms with van der Waals surface area (Å²) in [5.41, 5.74) is 5.59. The van der Waals surface area contributed by atoms with Crippen LogP contribution in [0.2, 0.25) is 0 Å². The first-order valence-corrected chi connectivity index (χ1v) is 10.3. The van der Waals surface area contributed by atoms with Crippen LogP contribution in [0.15, 0.2) is 89.7 Å². The molecule has 0 saturated heterocycles. The molecule has 0 saturated carbocycles. The van der Waals surface area contributed by atoms with Crippen molar-refractivity contribution in [1.82, 2.24) is 10.7 Å². The van der Waals surface area contributed by atoms with E-state index in [1.54, 1.807) is 61.5 Å². The zero-order valence-electron chi connectivity index (χ0n) is 18.7. The third kappa shape index (κ3) is 6.30. The van der Waals surface area contributed by atoms with Crippen LogP contribution in [-0.4, -0.2) is 36.7 Å². The SMILES string of the molecule is CC(=NNC(=O)C(=Cc1ccc(N(C)C)cc1)NC(=O)c1ccccc1)c1ccccc1O. The summed E-state index contributed by atoms with van der Waals surface area (Å²) >= 11 is 0. The molecule has 3 aromatic rings. The lowest BCUT2D eigenvalue weighted by molar-refractivity contribution is -0.117. The van der Waals surface area contributed by atoms with E-state index in [4.69, 9.17) is 0 Å². The summed E-state index contributed by atoms with van der Waals surface area (Å²) in [6, 6.07) is 22.9. The fourth-order valence-electron chi connectivity index (χ4n) is 3.01. The van der Waals surface area contributed by atoms with Gasteiger partial charge >= 0.3 is 0 Å². The molecule has 3 N–H and O–H groups in total. The van der Waals surface area contributed by atoms with Gasteiger partial charge in [-0.3, -0.25) is 9.59 Å². The van der Waals surface area contributed by atoms with Crippen LogP contribution in [0.1, 0.15) is 28.4 Å². The molecule has 0 heterocycles. The number of anilines is 1. The van der Waals surface area contributed by atoms with Crippen molar-refractivity contribution in [2.24, 2.45) is 5.10 Å². The topological polar surface area (TPSA) is 94.0 Å². The molecule has 7 heteroatoms. The molecule has 0 aromatic heterocycles. The number of carbonyl (C=O) groups is 2. The van der Waals surface area contributed by atoms with Gasteiger partial charge < -0.3 is 15.3 Å². The van der Waals surface area contributed by atoms with Crippen molar-refractivity contribution in [3.05, 3.63) is 101 Å². The van der Waals surface area contributed by atoms with E-state index >= 15 is 0 Å². The Morgan fingerprint density at radius 3 is 2.18 bits per heavy atom. The van der Waals surface area contributed by atoms with Gasteiger partial charge in [0, 0.05) is 30.9 Å². The van der Waals surface area contributed by atoms with E-state index in [0.717, 1.165) is 11.3 Å². The van der Waals surface area contributed by atoms with Crippen LogP contribution in [0.3, 0.4) is 0 Å². The fraction of sp³-hybridized carbons (Fsp3) is 0.115. The summed E-state index contributed by atoms with van der Waals surface area (Å²) in [6.07, 6.45) is 1.58. The molecular weight excluding hydrogens is 416 g/mol. The average molecular weight is 443 g/mol. The van der Waals surface area contributed by atoms with Gasteiger partial charge in [-0.25, -0.2) is 5.43 Å². The molecule has 33 heavy (non-hydrogen) atoms. The summed E-state index contributed by atoms with van der Waals surface area (Å²) in [5, 5.41) is 16.8. The van der Waals surface area contributed by atoms with Crippen LogP contribution in [0.25, 0.3) is 6.08 Å². The third-order valence-corrected chi connectivity index (χ3v) is 4.87. The van der Waals surface area contributed by atoms with E-state index in [-0.39, 0.29) is 11.4 Å². The van der Waals surface area contributed by atoms with Crippen molar-refractivity contribution in [3.63, 3.8) is 0 Å². The maximum absolute atomic E-state index is 12.9. The van der Waals surface area contributed by atoms with Crippen molar-refractivity contribution in [3.8, 4) is 5.75 Å². The molecule has 0 fully saturated rings. The minimum absolute atomic E-state index is 0.0373. The number of amides is 2. The predicted octanol–water partition coefficient (Wildman–Crippen LogP) is 3.77. The molecule has 0 unspecified atom stereocenters. The first-order chi connectivity index (χ1) is 15.8. The van der Waals surface area contributed by atoms with Crippen molar-refractivity contribution in [2.75, 3.05) is 19.0 Å². The minimum atomic E-state index is -0.592. The van der Waals surface area contributed by atoms with Gasteiger partial charge in [0.05, 0.1) is 5.71 Å². The molecule has 3 aromatic carbocycles. The van der Waals surface area contributed by atoms with Crippen LogP contribution in [0.5, 0.6) is 5.75 Å². The van der Waals surface area contributed by atoms with Crippen molar-refractivity contribution in [1.29, 1.82) is 0 Å². The predicted molar refractivity (Wildman–Crippen MR) is 131 cm³/mol. The highest BCUT2D eigenvalue weighted by Gasteiger charge is 2.15. The van der Waals surface area contributed by atoms with E-state index in [0.29, 0.717) is 16.8 Å². The number of benzene rings is 3. The second-order valence-corrected chi connectivity index (χ2v) is 7.52. The minimum Gasteiger partial charge on any atom is -0.507 e. The Morgan fingerprint density at radius 1 is 0.909 bits per heavy atom.